The summed E-state index contributed by atoms with van der Waals surface area (Å²) in [5, 5.41) is 6.59. The third-order valence-electron chi connectivity index (χ3n) is 3.46. The van der Waals surface area contributed by atoms with Crippen molar-refractivity contribution < 1.29 is 13.6 Å². The van der Waals surface area contributed by atoms with E-state index in [1.165, 1.54) is 6.20 Å². The van der Waals surface area contributed by atoms with Gasteiger partial charge in [-0.2, -0.15) is 5.10 Å². The largest absolute Gasteiger partial charge is 0.307 e. The molecule has 128 valence electrons. The summed E-state index contributed by atoms with van der Waals surface area (Å²) in [6.07, 6.45) is 1.53. The number of amides is 1. The number of carbonyl (C=O) groups excluding carboxylic acids is 1. The van der Waals surface area contributed by atoms with E-state index >= 15 is 0 Å². The molecular weight excluding hydrogens is 416 g/mol. The minimum atomic E-state index is -1.14. The monoisotopic (exact) mass is 425 g/mol. The number of aromatic nitrogens is 2. The Kier molecular flexibility index (Phi) is 5.15. The van der Waals surface area contributed by atoms with E-state index in [9.17, 15) is 13.6 Å². The molecule has 1 aromatic heterocycles. The van der Waals surface area contributed by atoms with Gasteiger partial charge in [0.25, 0.3) is 5.91 Å². The zero-order valence-electron chi connectivity index (χ0n) is 12.6. The maximum atomic E-state index is 13.4. The number of benzene rings is 2. The van der Waals surface area contributed by atoms with E-state index < -0.39 is 17.5 Å². The molecule has 3 aromatic rings. The number of nitrogens with one attached hydrogen (secondary N) is 1. The molecule has 1 N–H and O–H groups in total. The molecule has 0 spiro atoms. The maximum Gasteiger partial charge on any atom is 0.258 e. The topological polar surface area (TPSA) is 46.9 Å². The highest BCUT2D eigenvalue weighted by molar-refractivity contribution is 9.10. The number of rotatable bonds is 4. The van der Waals surface area contributed by atoms with Gasteiger partial charge in [0.05, 0.1) is 23.3 Å². The molecule has 0 atom stereocenters. The Morgan fingerprint density at radius 1 is 1.16 bits per heavy atom. The Morgan fingerprint density at radius 3 is 2.56 bits per heavy atom. The SMILES string of the molecule is O=C(Nc1ccnn1Cc1ccc(Br)cc1)c1cc(F)c(F)cc1Cl. The molecule has 2 aromatic carbocycles. The summed E-state index contributed by atoms with van der Waals surface area (Å²) in [5.74, 6) is -2.49. The summed E-state index contributed by atoms with van der Waals surface area (Å²) in [4.78, 5) is 12.3. The van der Waals surface area contributed by atoms with Gasteiger partial charge in [-0.15, -0.1) is 0 Å². The van der Waals surface area contributed by atoms with Gasteiger partial charge in [0.1, 0.15) is 5.82 Å². The summed E-state index contributed by atoms with van der Waals surface area (Å²) >= 11 is 9.19. The molecule has 1 heterocycles. The fraction of sp³-hybridized carbons (Fsp3) is 0.0588. The summed E-state index contributed by atoms with van der Waals surface area (Å²) in [6.45, 7) is 0.432. The Bertz CT molecular complexity index is 928. The first-order valence-electron chi connectivity index (χ1n) is 7.16. The lowest BCUT2D eigenvalue weighted by Gasteiger charge is -2.10. The second-order valence-corrected chi connectivity index (χ2v) is 6.52. The summed E-state index contributed by atoms with van der Waals surface area (Å²) in [7, 11) is 0. The highest BCUT2D eigenvalue weighted by atomic mass is 79.9. The van der Waals surface area contributed by atoms with Gasteiger partial charge in [-0.25, -0.2) is 13.5 Å². The molecule has 25 heavy (non-hydrogen) atoms. The van der Waals surface area contributed by atoms with Gasteiger partial charge in [0, 0.05) is 10.5 Å². The first-order valence-corrected chi connectivity index (χ1v) is 8.33. The third kappa shape index (κ3) is 4.05. The Balaban J connectivity index is 1.80. The summed E-state index contributed by atoms with van der Waals surface area (Å²) in [5.41, 5.74) is 0.824. The van der Waals surface area contributed by atoms with Gasteiger partial charge in [0.15, 0.2) is 11.6 Å². The molecule has 0 bridgehead atoms. The van der Waals surface area contributed by atoms with Gasteiger partial charge in [-0.3, -0.25) is 4.79 Å². The van der Waals surface area contributed by atoms with Gasteiger partial charge in [-0.1, -0.05) is 39.7 Å². The molecule has 0 fully saturated rings. The van der Waals surface area contributed by atoms with Crippen LogP contribution in [0.2, 0.25) is 5.02 Å². The summed E-state index contributed by atoms with van der Waals surface area (Å²) in [6, 6.07) is 10.8. The molecule has 0 aliphatic carbocycles. The smallest absolute Gasteiger partial charge is 0.258 e. The lowest BCUT2D eigenvalue weighted by molar-refractivity contribution is 0.102. The van der Waals surface area contributed by atoms with E-state index in [0.29, 0.717) is 12.4 Å². The lowest BCUT2D eigenvalue weighted by atomic mass is 10.2. The Hall–Kier alpha value is -2.25. The van der Waals surface area contributed by atoms with Crippen LogP contribution in [0.5, 0.6) is 0 Å². The predicted octanol–water partition coefficient (Wildman–Crippen LogP) is 4.88. The molecule has 0 unspecified atom stereocenters. The van der Waals surface area contributed by atoms with Crippen LogP contribution >= 0.6 is 27.5 Å². The van der Waals surface area contributed by atoms with Crippen molar-refractivity contribution in [1.29, 1.82) is 0 Å². The molecule has 4 nitrogen and oxygen atoms in total. The zero-order chi connectivity index (χ0) is 18.0. The number of nitrogens with zero attached hydrogens (tertiary/aromatic N) is 2. The van der Waals surface area contributed by atoms with E-state index in [-0.39, 0.29) is 10.6 Å². The van der Waals surface area contributed by atoms with Gasteiger partial charge < -0.3 is 5.32 Å². The van der Waals surface area contributed by atoms with Crippen LogP contribution < -0.4 is 5.32 Å². The van der Waals surface area contributed by atoms with Crippen molar-refractivity contribution in [3.8, 4) is 0 Å². The van der Waals surface area contributed by atoms with Crippen molar-refractivity contribution in [2.45, 2.75) is 6.54 Å². The fourth-order valence-corrected chi connectivity index (χ4v) is 2.71. The van der Waals surface area contributed by atoms with Crippen LogP contribution in [0.25, 0.3) is 0 Å². The first-order chi connectivity index (χ1) is 11.9. The second-order valence-electron chi connectivity index (χ2n) is 5.20. The second kappa shape index (κ2) is 7.33. The molecule has 0 aliphatic rings. The Labute approximate surface area is 155 Å². The number of halogens is 4. The fourth-order valence-electron chi connectivity index (χ4n) is 2.21. The lowest BCUT2D eigenvalue weighted by Crippen LogP contribution is -2.17. The number of hydrogen-bond donors (Lipinski definition) is 1. The molecule has 0 saturated carbocycles. The van der Waals surface area contributed by atoms with Crippen LogP contribution in [0, 0.1) is 11.6 Å². The maximum absolute atomic E-state index is 13.4. The van der Waals surface area contributed by atoms with Gasteiger partial charge >= 0.3 is 0 Å². The molecule has 8 heteroatoms. The zero-order valence-corrected chi connectivity index (χ0v) is 15.0. The number of anilines is 1. The van der Waals surface area contributed by atoms with Crippen molar-refractivity contribution in [2.24, 2.45) is 0 Å². The molecule has 3 rings (SSSR count). The van der Waals surface area contributed by atoms with E-state index in [1.54, 1.807) is 10.7 Å². The van der Waals surface area contributed by atoms with Gasteiger partial charge in [-0.05, 0) is 29.8 Å². The average Bonchev–Trinajstić information content (AvgIpc) is 3.00. The number of hydrogen-bond acceptors (Lipinski definition) is 2. The van der Waals surface area contributed by atoms with Crippen LogP contribution in [0.1, 0.15) is 15.9 Å². The predicted molar refractivity (Wildman–Crippen MR) is 94.8 cm³/mol. The minimum Gasteiger partial charge on any atom is -0.307 e. The molecular formula is C17H11BrClF2N3O. The van der Waals surface area contributed by atoms with E-state index in [4.69, 9.17) is 11.6 Å². The standard InChI is InChI=1S/C17H11BrClF2N3O/c18-11-3-1-10(2-4-11)9-24-16(5-6-22-24)23-17(25)12-7-14(20)15(21)8-13(12)19/h1-8H,9H2,(H,23,25). The summed E-state index contributed by atoms with van der Waals surface area (Å²) < 4.78 is 29.0. The highest BCUT2D eigenvalue weighted by Crippen LogP contribution is 2.22. The third-order valence-corrected chi connectivity index (χ3v) is 4.30. The van der Waals surface area contributed by atoms with Gasteiger partial charge in [0.2, 0.25) is 0 Å². The number of carbonyl (C=O) groups is 1. The van der Waals surface area contributed by atoms with Crippen molar-refractivity contribution in [2.75, 3.05) is 5.32 Å². The van der Waals surface area contributed by atoms with Crippen LogP contribution in [0.15, 0.2) is 53.1 Å². The normalized spacial score (nSPS) is 10.7. The highest BCUT2D eigenvalue weighted by Gasteiger charge is 2.16. The van der Waals surface area contributed by atoms with Crippen molar-refractivity contribution in [3.05, 3.63) is 80.9 Å². The van der Waals surface area contributed by atoms with E-state index in [1.807, 2.05) is 24.3 Å². The molecule has 1 amide bonds. The van der Waals surface area contributed by atoms with Crippen molar-refractivity contribution in [1.82, 2.24) is 9.78 Å². The average molecular weight is 427 g/mol. The van der Waals surface area contributed by atoms with Crippen LogP contribution in [0.3, 0.4) is 0 Å². The van der Waals surface area contributed by atoms with Crippen LogP contribution in [-0.2, 0) is 6.54 Å². The van der Waals surface area contributed by atoms with Crippen molar-refractivity contribution >= 4 is 39.3 Å². The molecule has 0 saturated heterocycles. The van der Waals surface area contributed by atoms with E-state index in [0.717, 1.165) is 22.2 Å². The minimum absolute atomic E-state index is 0.156. The van der Waals surface area contributed by atoms with Crippen LogP contribution in [0.4, 0.5) is 14.6 Å². The first kappa shape index (κ1) is 17.6. The van der Waals surface area contributed by atoms with E-state index in [2.05, 4.69) is 26.3 Å². The Morgan fingerprint density at radius 2 is 1.84 bits per heavy atom. The van der Waals surface area contributed by atoms with Crippen LogP contribution in [-0.4, -0.2) is 15.7 Å². The quantitative estimate of drug-likeness (QED) is 0.605. The van der Waals surface area contributed by atoms with Crippen molar-refractivity contribution in [3.63, 3.8) is 0 Å². The molecule has 0 radical (unpaired) electrons. The molecule has 0 aliphatic heterocycles.